The predicted molar refractivity (Wildman–Crippen MR) is 47.7 cm³/mol. The largest absolute Gasteiger partial charge is 0.336 e. The summed E-state index contributed by atoms with van der Waals surface area (Å²) >= 11 is 0. The van der Waals surface area contributed by atoms with Gasteiger partial charge in [-0.05, 0) is 13.8 Å². The first-order valence-electron chi connectivity index (χ1n) is 4.39. The molecular formula is C8H17N3O. The van der Waals surface area contributed by atoms with Gasteiger partial charge < -0.3 is 16.0 Å². The van der Waals surface area contributed by atoms with Crippen LogP contribution in [0.2, 0.25) is 0 Å². The van der Waals surface area contributed by atoms with Gasteiger partial charge in [0, 0.05) is 25.7 Å². The lowest BCUT2D eigenvalue weighted by molar-refractivity contribution is -0.134. The maximum atomic E-state index is 11.5. The Morgan fingerprint density at radius 1 is 1.75 bits per heavy atom. The molecule has 0 bridgehead atoms. The van der Waals surface area contributed by atoms with Gasteiger partial charge >= 0.3 is 0 Å². The molecule has 0 spiro atoms. The van der Waals surface area contributed by atoms with Crippen molar-refractivity contribution in [3.8, 4) is 0 Å². The van der Waals surface area contributed by atoms with E-state index < -0.39 is 0 Å². The van der Waals surface area contributed by atoms with E-state index in [0.717, 1.165) is 19.6 Å². The highest BCUT2D eigenvalue weighted by atomic mass is 16.2. The summed E-state index contributed by atoms with van der Waals surface area (Å²) in [4.78, 5) is 13.3. The van der Waals surface area contributed by atoms with Gasteiger partial charge in [0.2, 0.25) is 5.91 Å². The molecular weight excluding hydrogens is 154 g/mol. The number of hydrogen-bond donors (Lipinski definition) is 2. The van der Waals surface area contributed by atoms with E-state index in [1.165, 1.54) is 0 Å². The molecule has 0 aromatic carbocycles. The molecule has 4 heteroatoms. The van der Waals surface area contributed by atoms with E-state index in [-0.39, 0.29) is 18.0 Å². The van der Waals surface area contributed by atoms with Gasteiger partial charge in [-0.15, -0.1) is 0 Å². The van der Waals surface area contributed by atoms with Crippen LogP contribution >= 0.6 is 0 Å². The highest BCUT2D eigenvalue weighted by molar-refractivity contribution is 5.81. The van der Waals surface area contributed by atoms with Crippen LogP contribution in [-0.4, -0.2) is 42.5 Å². The SMILES string of the molecule is C[C@H](N)C(=O)N1CCNC[C@@H]1C. The van der Waals surface area contributed by atoms with Crippen molar-refractivity contribution in [3.63, 3.8) is 0 Å². The van der Waals surface area contributed by atoms with Gasteiger partial charge in [0.1, 0.15) is 0 Å². The van der Waals surface area contributed by atoms with Crippen molar-refractivity contribution in [1.29, 1.82) is 0 Å². The fourth-order valence-corrected chi connectivity index (χ4v) is 1.43. The molecule has 0 aliphatic carbocycles. The molecule has 1 aliphatic rings. The Balaban J connectivity index is 2.53. The zero-order valence-corrected chi connectivity index (χ0v) is 7.71. The Hall–Kier alpha value is -0.610. The lowest BCUT2D eigenvalue weighted by Gasteiger charge is -2.34. The Morgan fingerprint density at radius 3 is 2.92 bits per heavy atom. The second kappa shape index (κ2) is 3.87. The number of carbonyl (C=O) groups is 1. The Kier molecular flexibility index (Phi) is 3.05. The van der Waals surface area contributed by atoms with Crippen LogP contribution in [0.15, 0.2) is 0 Å². The van der Waals surface area contributed by atoms with Crippen LogP contribution in [-0.2, 0) is 4.79 Å². The van der Waals surface area contributed by atoms with Gasteiger partial charge in [0.05, 0.1) is 6.04 Å². The predicted octanol–water partition coefficient (Wildman–Crippen LogP) is -0.846. The summed E-state index contributed by atoms with van der Waals surface area (Å²) in [6.45, 7) is 6.30. The van der Waals surface area contributed by atoms with Crippen LogP contribution in [0.4, 0.5) is 0 Å². The Morgan fingerprint density at radius 2 is 2.42 bits per heavy atom. The molecule has 4 nitrogen and oxygen atoms in total. The van der Waals surface area contributed by atoms with Crippen LogP contribution in [0.3, 0.4) is 0 Å². The summed E-state index contributed by atoms with van der Waals surface area (Å²) in [5, 5.41) is 3.22. The Bertz CT molecular complexity index is 170. The fraction of sp³-hybridized carbons (Fsp3) is 0.875. The molecule has 0 unspecified atom stereocenters. The van der Waals surface area contributed by atoms with Crippen molar-refractivity contribution in [2.45, 2.75) is 25.9 Å². The number of nitrogens with one attached hydrogen (secondary N) is 1. The van der Waals surface area contributed by atoms with Crippen LogP contribution < -0.4 is 11.1 Å². The molecule has 1 rings (SSSR count). The normalized spacial score (nSPS) is 26.9. The average molecular weight is 171 g/mol. The van der Waals surface area contributed by atoms with E-state index in [0.29, 0.717) is 0 Å². The Labute approximate surface area is 73.1 Å². The third-order valence-corrected chi connectivity index (χ3v) is 2.17. The number of carbonyl (C=O) groups excluding carboxylic acids is 1. The molecule has 0 aromatic heterocycles. The number of nitrogens with zero attached hydrogens (tertiary/aromatic N) is 1. The quantitative estimate of drug-likeness (QED) is 0.540. The first-order valence-corrected chi connectivity index (χ1v) is 4.39. The highest BCUT2D eigenvalue weighted by Gasteiger charge is 2.24. The minimum absolute atomic E-state index is 0.0593. The lowest BCUT2D eigenvalue weighted by atomic mass is 10.2. The number of piperazine rings is 1. The summed E-state index contributed by atoms with van der Waals surface area (Å²) in [5.74, 6) is 0.0593. The van der Waals surface area contributed by atoms with E-state index in [1.54, 1.807) is 6.92 Å². The standard InChI is InChI=1S/C8H17N3O/c1-6-5-10-3-4-11(6)8(12)7(2)9/h6-7,10H,3-5,9H2,1-2H3/t6-,7-/m0/s1. The van der Waals surface area contributed by atoms with E-state index in [1.807, 2.05) is 11.8 Å². The zero-order chi connectivity index (χ0) is 9.14. The molecule has 1 fully saturated rings. The first-order chi connectivity index (χ1) is 5.63. The molecule has 3 N–H and O–H groups in total. The third kappa shape index (κ3) is 1.95. The number of hydrogen-bond acceptors (Lipinski definition) is 3. The van der Waals surface area contributed by atoms with Crippen molar-refractivity contribution < 1.29 is 4.79 Å². The van der Waals surface area contributed by atoms with Crippen LogP contribution in [0.5, 0.6) is 0 Å². The summed E-state index contributed by atoms with van der Waals surface area (Å²) in [6.07, 6.45) is 0. The molecule has 1 amide bonds. The van der Waals surface area contributed by atoms with Crippen LogP contribution in [0.25, 0.3) is 0 Å². The minimum Gasteiger partial charge on any atom is -0.336 e. The van der Waals surface area contributed by atoms with E-state index in [9.17, 15) is 4.79 Å². The van der Waals surface area contributed by atoms with Gasteiger partial charge in [-0.25, -0.2) is 0 Å². The van der Waals surface area contributed by atoms with E-state index in [2.05, 4.69) is 5.32 Å². The molecule has 12 heavy (non-hydrogen) atoms. The highest BCUT2D eigenvalue weighted by Crippen LogP contribution is 2.03. The topological polar surface area (TPSA) is 58.4 Å². The second-order valence-electron chi connectivity index (χ2n) is 3.37. The smallest absolute Gasteiger partial charge is 0.239 e. The van der Waals surface area contributed by atoms with Crippen molar-refractivity contribution in [2.75, 3.05) is 19.6 Å². The van der Waals surface area contributed by atoms with Gasteiger partial charge in [-0.2, -0.15) is 0 Å². The molecule has 0 radical (unpaired) electrons. The molecule has 0 saturated carbocycles. The summed E-state index contributed by atoms with van der Waals surface area (Å²) in [6, 6.07) is -0.0946. The maximum absolute atomic E-state index is 11.5. The monoisotopic (exact) mass is 171 g/mol. The zero-order valence-electron chi connectivity index (χ0n) is 7.71. The van der Waals surface area contributed by atoms with Gasteiger partial charge in [-0.1, -0.05) is 0 Å². The number of nitrogens with two attached hydrogens (primary N) is 1. The maximum Gasteiger partial charge on any atom is 0.239 e. The minimum atomic E-state index is -0.370. The fourth-order valence-electron chi connectivity index (χ4n) is 1.43. The van der Waals surface area contributed by atoms with Gasteiger partial charge in [0.15, 0.2) is 0 Å². The van der Waals surface area contributed by atoms with E-state index in [4.69, 9.17) is 5.73 Å². The van der Waals surface area contributed by atoms with Crippen molar-refractivity contribution in [1.82, 2.24) is 10.2 Å². The van der Waals surface area contributed by atoms with Crippen molar-refractivity contribution in [2.24, 2.45) is 5.73 Å². The van der Waals surface area contributed by atoms with Crippen molar-refractivity contribution >= 4 is 5.91 Å². The summed E-state index contributed by atoms with van der Waals surface area (Å²) in [5.41, 5.74) is 5.52. The second-order valence-corrected chi connectivity index (χ2v) is 3.37. The number of amides is 1. The van der Waals surface area contributed by atoms with Gasteiger partial charge in [-0.3, -0.25) is 4.79 Å². The lowest BCUT2D eigenvalue weighted by Crippen LogP contribution is -2.55. The first kappa shape index (κ1) is 9.48. The molecule has 0 aromatic rings. The molecule has 2 atom stereocenters. The van der Waals surface area contributed by atoms with Gasteiger partial charge in [0.25, 0.3) is 0 Å². The summed E-state index contributed by atoms with van der Waals surface area (Å²) in [7, 11) is 0. The van der Waals surface area contributed by atoms with E-state index >= 15 is 0 Å². The third-order valence-electron chi connectivity index (χ3n) is 2.17. The van der Waals surface area contributed by atoms with Crippen LogP contribution in [0, 0.1) is 0 Å². The van der Waals surface area contributed by atoms with Crippen molar-refractivity contribution in [3.05, 3.63) is 0 Å². The van der Waals surface area contributed by atoms with Crippen LogP contribution in [0.1, 0.15) is 13.8 Å². The molecule has 1 aliphatic heterocycles. The number of rotatable bonds is 1. The molecule has 1 saturated heterocycles. The summed E-state index contributed by atoms with van der Waals surface area (Å²) < 4.78 is 0. The average Bonchev–Trinajstić information content (AvgIpc) is 2.04. The molecule has 1 heterocycles. The molecule has 70 valence electrons.